The Kier molecular flexibility index (Phi) is 15.0. The molecule has 1 heterocycles. The highest BCUT2D eigenvalue weighted by atomic mass is 19.4. The van der Waals surface area contributed by atoms with E-state index in [0.29, 0.717) is 31.5 Å². The van der Waals surface area contributed by atoms with Crippen molar-refractivity contribution in [1.29, 1.82) is 0 Å². The second-order valence-corrected chi connectivity index (χ2v) is 11.3. The molecule has 1 aromatic heterocycles. The number of unbranched alkanes of at least 4 members (excludes halogenated alkanes) is 8. The fourth-order valence-corrected chi connectivity index (χ4v) is 4.41. The third-order valence-electron chi connectivity index (χ3n) is 7.33. The molecule has 0 amide bonds. The van der Waals surface area contributed by atoms with Crippen LogP contribution in [-0.2, 0) is 22.3 Å². The van der Waals surface area contributed by atoms with Gasteiger partial charge in [0.1, 0.15) is 6.61 Å². The largest absolute Gasteiger partial charge is 0.462 e. The van der Waals surface area contributed by atoms with Gasteiger partial charge in [-0.15, -0.1) is 0 Å². The number of aryl methyl sites for hydroxylation is 2. The SMILES string of the molecule is CCCCCCCCc1cnc(-c2ccc(CCCCCCOCC(F)(F)C(F)(F)C(F)(F)OC(F)(F)C(F)(F)C(F)(F)F)cc2)nc1. The average molecular weight is 717 g/mol. The van der Waals surface area contributed by atoms with Crippen molar-refractivity contribution < 1.29 is 66.5 Å². The van der Waals surface area contributed by atoms with E-state index < -0.39 is 49.4 Å². The van der Waals surface area contributed by atoms with Crippen LogP contribution in [0.1, 0.15) is 82.3 Å². The van der Waals surface area contributed by atoms with Crippen molar-refractivity contribution in [3.05, 3.63) is 47.8 Å². The number of ether oxygens (including phenoxy) is 2. The zero-order valence-corrected chi connectivity index (χ0v) is 26.0. The number of alkyl halides is 13. The van der Waals surface area contributed by atoms with Gasteiger partial charge in [0.15, 0.2) is 5.82 Å². The van der Waals surface area contributed by atoms with Crippen LogP contribution in [0.25, 0.3) is 11.4 Å². The van der Waals surface area contributed by atoms with Gasteiger partial charge in [0.25, 0.3) is 0 Å². The smallest absolute Gasteiger partial charge is 0.375 e. The lowest BCUT2D eigenvalue weighted by Gasteiger charge is -2.35. The zero-order valence-electron chi connectivity index (χ0n) is 26.0. The van der Waals surface area contributed by atoms with E-state index in [4.69, 9.17) is 0 Å². The monoisotopic (exact) mass is 716 g/mol. The van der Waals surface area contributed by atoms with Crippen LogP contribution in [0.5, 0.6) is 0 Å². The highest BCUT2D eigenvalue weighted by molar-refractivity contribution is 5.55. The molecule has 0 aliphatic rings. The first-order valence-corrected chi connectivity index (χ1v) is 15.3. The van der Waals surface area contributed by atoms with Crippen molar-refractivity contribution in [2.45, 2.75) is 120 Å². The molecule has 0 aliphatic carbocycles. The maximum absolute atomic E-state index is 13.8. The quantitative estimate of drug-likeness (QED) is 0.0899. The molecule has 0 spiro atoms. The minimum absolute atomic E-state index is 0.00442. The molecule has 17 heteroatoms. The van der Waals surface area contributed by atoms with E-state index in [-0.39, 0.29) is 6.42 Å². The van der Waals surface area contributed by atoms with E-state index in [1.165, 1.54) is 32.1 Å². The molecule has 0 bridgehead atoms. The normalized spacial score (nSPS) is 13.7. The fourth-order valence-electron chi connectivity index (χ4n) is 4.41. The Balaban J connectivity index is 1.72. The molecule has 2 aromatic rings. The molecule has 0 aliphatic heterocycles. The van der Waals surface area contributed by atoms with Gasteiger partial charge in [0, 0.05) is 24.6 Å². The summed E-state index contributed by atoms with van der Waals surface area (Å²) in [5.41, 5.74) is 2.86. The molecule has 0 N–H and O–H groups in total. The molecule has 0 fully saturated rings. The maximum atomic E-state index is 13.8. The summed E-state index contributed by atoms with van der Waals surface area (Å²) in [6.45, 7) is -0.974. The third-order valence-corrected chi connectivity index (χ3v) is 7.33. The summed E-state index contributed by atoms with van der Waals surface area (Å²) in [4.78, 5) is 8.88. The molecule has 0 saturated heterocycles. The molecular weight excluding hydrogens is 679 g/mol. The van der Waals surface area contributed by atoms with Crippen LogP contribution in [0.3, 0.4) is 0 Å². The van der Waals surface area contributed by atoms with Crippen LogP contribution < -0.4 is 0 Å². The van der Waals surface area contributed by atoms with Gasteiger partial charge in [0.05, 0.1) is 0 Å². The predicted octanol–water partition coefficient (Wildman–Crippen LogP) is 10.8. The van der Waals surface area contributed by atoms with Gasteiger partial charge in [-0.05, 0) is 43.2 Å². The fraction of sp³-hybridized carbons (Fsp3) is 0.677. The molecule has 0 unspecified atom stereocenters. The summed E-state index contributed by atoms with van der Waals surface area (Å²) >= 11 is 0. The van der Waals surface area contributed by atoms with Crippen molar-refractivity contribution in [3.63, 3.8) is 0 Å². The Labute approximate surface area is 269 Å². The lowest BCUT2D eigenvalue weighted by molar-refractivity contribution is -0.509. The van der Waals surface area contributed by atoms with E-state index in [9.17, 15) is 57.1 Å². The van der Waals surface area contributed by atoms with E-state index in [0.717, 1.165) is 29.5 Å². The highest BCUT2D eigenvalue weighted by Crippen LogP contribution is 2.53. The Morgan fingerprint density at radius 2 is 1.04 bits per heavy atom. The first kappa shape index (κ1) is 41.5. The van der Waals surface area contributed by atoms with Gasteiger partial charge in [0.2, 0.25) is 0 Å². The molecule has 0 radical (unpaired) electrons. The summed E-state index contributed by atoms with van der Waals surface area (Å²) in [6.07, 6.45) is -7.89. The highest BCUT2D eigenvalue weighted by Gasteiger charge is 2.81. The Morgan fingerprint density at radius 3 is 1.58 bits per heavy atom. The number of aromatic nitrogens is 2. The second kappa shape index (κ2) is 17.3. The van der Waals surface area contributed by atoms with Crippen LogP contribution in [0.15, 0.2) is 36.7 Å². The van der Waals surface area contributed by atoms with Crippen LogP contribution >= 0.6 is 0 Å². The number of benzene rings is 1. The van der Waals surface area contributed by atoms with E-state index in [1.54, 1.807) is 4.74 Å². The Morgan fingerprint density at radius 1 is 0.562 bits per heavy atom. The van der Waals surface area contributed by atoms with E-state index in [2.05, 4.69) is 21.6 Å². The topological polar surface area (TPSA) is 44.2 Å². The minimum Gasteiger partial charge on any atom is -0.375 e. The Bertz CT molecular complexity index is 1220. The molecule has 0 saturated carbocycles. The second-order valence-electron chi connectivity index (χ2n) is 11.3. The van der Waals surface area contributed by atoms with Crippen molar-refractivity contribution in [1.82, 2.24) is 9.97 Å². The molecular formula is C31H37F13N2O2. The first-order valence-electron chi connectivity index (χ1n) is 15.3. The average Bonchev–Trinajstić information content (AvgIpc) is 2.99. The number of nitrogens with zero attached hydrogens (tertiary/aromatic N) is 2. The van der Waals surface area contributed by atoms with Crippen molar-refractivity contribution in [3.8, 4) is 11.4 Å². The van der Waals surface area contributed by atoms with Gasteiger partial charge in [-0.1, -0.05) is 76.1 Å². The van der Waals surface area contributed by atoms with Crippen molar-refractivity contribution in [2.24, 2.45) is 0 Å². The van der Waals surface area contributed by atoms with Crippen LogP contribution in [0, 0.1) is 0 Å². The predicted molar refractivity (Wildman–Crippen MR) is 149 cm³/mol. The Hall–Kier alpha value is -2.69. The molecule has 1 aromatic carbocycles. The summed E-state index contributed by atoms with van der Waals surface area (Å²) in [5.74, 6) is -19.8. The lowest BCUT2D eigenvalue weighted by Crippen LogP contribution is -2.63. The van der Waals surface area contributed by atoms with Gasteiger partial charge < -0.3 is 4.74 Å². The number of hydrogen-bond acceptors (Lipinski definition) is 4. The van der Waals surface area contributed by atoms with Gasteiger partial charge in [-0.3, -0.25) is 0 Å². The summed E-state index contributed by atoms with van der Waals surface area (Å²) in [7, 11) is 0. The molecule has 4 nitrogen and oxygen atoms in total. The lowest BCUT2D eigenvalue weighted by atomic mass is 10.0. The summed E-state index contributed by atoms with van der Waals surface area (Å²) in [5, 5.41) is 0. The van der Waals surface area contributed by atoms with Crippen LogP contribution in [-0.4, -0.2) is 59.3 Å². The van der Waals surface area contributed by atoms with E-state index >= 15 is 0 Å². The summed E-state index contributed by atoms with van der Waals surface area (Å²) < 4.78 is 176. The van der Waals surface area contributed by atoms with Crippen LogP contribution in [0.2, 0.25) is 0 Å². The number of rotatable bonds is 22. The molecule has 48 heavy (non-hydrogen) atoms. The van der Waals surface area contributed by atoms with Gasteiger partial charge in [-0.2, -0.15) is 57.1 Å². The zero-order chi connectivity index (χ0) is 36.3. The van der Waals surface area contributed by atoms with Crippen LogP contribution in [0.4, 0.5) is 57.1 Å². The van der Waals surface area contributed by atoms with Gasteiger partial charge in [-0.25, -0.2) is 14.7 Å². The third kappa shape index (κ3) is 11.2. The first-order chi connectivity index (χ1) is 22.2. The van der Waals surface area contributed by atoms with Crippen molar-refractivity contribution in [2.75, 3.05) is 13.2 Å². The number of hydrogen-bond donors (Lipinski definition) is 0. The van der Waals surface area contributed by atoms with Gasteiger partial charge >= 0.3 is 36.2 Å². The standard InChI is InChI=1S/C31H37F13N2O2/c1-2-3-4-5-6-10-13-23-19-45-25(46-20-23)24-16-14-22(15-17-24)12-9-7-8-11-18-47-21-26(32,33)27(34,35)30(41,42)48-31(43,44)28(36,37)29(38,39)40/h14-17,19-20H,2-13,18,21H2,1H3. The minimum atomic E-state index is -7.40. The maximum Gasteiger partial charge on any atom is 0.462 e. The molecule has 0 atom stereocenters. The summed E-state index contributed by atoms with van der Waals surface area (Å²) in [6, 6.07) is 7.49. The number of halogens is 13. The molecule has 2 rings (SSSR count). The molecule has 274 valence electrons. The van der Waals surface area contributed by atoms with Crippen molar-refractivity contribution >= 4 is 0 Å². The van der Waals surface area contributed by atoms with E-state index in [1.807, 2.05) is 36.7 Å².